The van der Waals surface area contributed by atoms with Gasteiger partial charge in [-0.05, 0) is 40.9 Å². The normalized spacial score (nSPS) is 19.3. The number of rotatable bonds is 7. The first-order valence-electron chi connectivity index (χ1n) is 8.14. The van der Waals surface area contributed by atoms with Crippen molar-refractivity contribution in [3.8, 4) is 0 Å². The summed E-state index contributed by atoms with van der Waals surface area (Å²) in [6.07, 6.45) is 5.56. The van der Waals surface area contributed by atoms with Crippen molar-refractivity contribution in [2.75, 3.05) is 33.7 Å². The average molecular weight is 307 g/mol. The van der Waals surface area contributed by atoms with Crippen LogP contribution in [0.25, 0.3) is 0 Å². The fourth-order valence-corrected chi connectivity index (χ4v) is 2.77. The molecule has 0 unspecified atom stereocenters. The van der Waals surface area contributed by atoms with Gasteiger partial charge in [-0.3, -0.25) is 9.48 Å². The van der Waals surface area contributed by atoms with Crippen molar-refractivity contribution < 1.29 is 4.79 Å². The van der Waals surface area contributed by atoms with Gasteiger partial charge in [0.2, 0.25) is 5.91 Å². The van der Waals surface area contributed by atoms with Crippen molar-refractivity contribution in [1.29, 1.82) is 0 Å². The maximum atomic E-state index is 12.0. The number of aromatic nitrogens is 2. The molecule has 0 spiro atoms. The lowest BCUT2D eigenvalue weighted by Crippen LogP contribution is -2.36. The van der Waals surface area contributed by atoms with Crippen LogP contribution in [-0.4, -0.2) is 65.3 Å². The van der Waals surface area contributed by atoms with E-state index in [4.69, 9.17) is 0 Å². The van der Waals surface area contributed by atoms with Gasteiger partial charge < -0.3 is 15.1 Å². The minimum Gasteiger partial charge on any atom is -0.352 e. The molecule has 1 aromatic heterocycles. The molecule has 1 aliphatic rings. The lowest BCUT2D eigenvalue weighted by molar-refractivity contribution is -0.121. The molecule has 0 aromatic carbocycles. The number of amides is 1. The van der Waals surface area contributed by atoms with E-state index >= 15 is 0 Å². The highest BCUT2D eigenvalue weighted by molar-refractivity contribution is 5.76. The molecule has 0 aliphatic carbocycles. The second-order valence-electron chi connectivity index (χ2n) is 6.63. The zero-order chi connectivity index (χ0) is 16.1. The number of carbonyl (C=O) groups excluding carboxylic acids is 1. The first-order chi connectivity index (χ1) is 10.5. The van der Waals surface area contributed by atoms with Crippen molar-refractivity contribution in [3.05, 3.63) is 18.0 Å². The third kappa shape index (κ3) is 4.81. The van der Waals surface area contributed by atoms with Crippen molar-refractivity contribution in [2.45, 2.75) is 45.3 Å². The van der Waals surface area contributed by atoms with E-state index in [1.165, 1.54) is 6.42 Å². The summed E-state index contributed by atoms with van der Waals surface area (Å²) >= 11 is 0. The van der Waals surface area contributed by atoms with Gasteiger partial charge in [-0.25, -0.2) is 0 Å². The summed E-state index contributed by atoms with van der Waals surface area (Å²) in [6.45, 7) is 7.81. The molecule has 6 heteroatoms. The van der Waals surface area contributed by atoms with Gasteiger partial charge in [-0.2, -0.15) is 5.10 Å². The van der Waals surface area contributed by atoms with Gasteiger partial charge in [0.05, 0.1) is 6.20 Å². The third-order valence-corrected chi connectivity index (χ3v) is 4.36. The van der Waals surface area contributed by atoms with E-state index in [0.29, 0.717) is 25.0 Å². The molecule has 2 heterocycles. The van der Waals surface area contributed by atoms with E-state index in [2.05, 4.69) is 48.2 Å². The summed E-state index contributed by atoms with van der Waals surface area (Å²) < 4.78 is 1.91. The Morgan fingerprint density at radius 1 is 1.55 bits per heavy atom. The number of nitrogens with one attached hydrogen (secondary N) is 1. The predicted molar refractivity (Wildman–Crippen MR) is 87.6 cm³/mol. The molecule has 0 bridgehead atoms. The highest BCUT2D eigenvalue weighted by atomic mass is 16.1. The van der Waals surface area contributed by atoms with Crippen LogP contribution in [0.2, 0.25) is 0 Å². The van der Waals surface area contributed by atoms with Gasteiger partial charge in [0.15, 0.2) is 0 Å². The standard InChI is InChI=1S/C16H29N5O/c1-13(2)21-11-14(10-18-21)9-17-16(22)6-8-20(4)15-5-7-19(3)12-15/h10-11,13,15H,5-9,12H2,1-4H3,(H,17,22)/t15-/m1/s1. The highest BCUT2D eigenvalue weighted by Crippen LogP contribution is 2.12. The third-order valence-electron chi connectivity index (χ3n) is 4.36. The van der Waals surface area contributed by atoms with Crippen molar-refractivity contribution in [1.82, 2.24) is 24.9 Å². The molecule has 22 heavy (non-hydrogen) atoms. The number of hydrogen-bond acceptors (Lipinski definition) is 4. The largest absolute Gasteiger partial charge is 0.352 e. The van der Waals surface area contributed by atoms with Crippen molar-refractivity contribution in [2.24, 2.45) is 0 Å². The summed E-state index contributed by atoms with van der Waals surface area (Å²) in [7, 11) is 4.27. The van der Waals surface area contributed by atoms with Crippen LogP contribution in [0.4, 0.5) is 0 Å². The molecule has 0 saturated carbocycles. The van der Waals surface area contributed by atoms with Crippen LogP contribution in [0.15, 0.2) is 12.4 Å². The van der Waals surface area contributed by atoms with Crippen LogP contribution in [-0.2, 0) is 11.3 Å². The van der Waals surface area contributed by atoms with E-state index in [1.807, 2.05) is 17.1 Å². The number of carbonyl (C=O) groups is 1. The van der Waals surface area contributed by atoms with E-state index in [9.17, 15) is 4.79 Å². The Morgan fingerprint density at radius 2 is 2.32 bits per heavy atom. The number of nitrogens with zero attached hydrogens (tertiary/aromatic N) is 4. The lowest BCUT2D eigenvalue weighted by Gasteiger charge is -2.23. The number of likely N-dealkylation sites (N-methyl/N-ethyl adjacent to an activating group) is 2. The maximum Gasteiger partial charge on any atom is 0.221 e. The molecule has 1 N–H and O–H groups in total. The SMILES string of the molecule is CC(C)n1cc(CNC(=O)CCN(C)[C@@H]2CCN(C)C2)cn1. The summed E-state index contributed by atoms with van der Waals surface area (Å²) in [5, 5.41) is 7.26. The minimum atomic E-state index is 0.107. The Bertz CT molecular complexity index is 485. The van der Waals surface area contributed by atoms with Crippen LogP contribution < -0.4 is 5.32 Å². The Morgan fingerprint density at radius 3 is 2.91 bits per heavy atom. The van der Waals surface area contributed by atoms with E-state index in [0.717, 1.165) is 25.2 Å². The first-order valence-corrected chi connectivity index (χ1v) is 8.14. The zero-order valence-corrected chi connectivity index (χ0v) is 14.2. The molecule has 1 fully saturated rings. The molecular formula is C16H29N5O. The molecular weight excluding hydrogens is 278 g/mol. The quantitative estimate of drug-likeness (QED) is 0.820. The molecule has 1 amide bonds. The topological polar surface area (TPSA) is 53.4 Å². The van der Waals surface area contributed by atoms with E-state index in [-0.39, 0.29) is 5.91 Å². The summed E-state index contributed by atoms with van der Waals surface area (Å²) in [5.41, 5.74) is 1.05. The van der Waals surface area contributed by atoms with Gasteiger partial charge in [-0.15, -0.1) is 0 Å². The second-order valence-corrected chi connectivity index (χ2v) is 6.63. The van der Waals surface area contributed by atoms with Gasteiger partial charge >= 0.3 is 0 Å². The highest BCUT2D eigenvalue weighted by Gasteiger charge is 2.23. The Balaban J connectivity index is 1.67. The zero-order valence-electron chi connectivity index (χ0n) is 14.2. The molecule has 1 aromatic rings. The van der Waals surface area contributed by atoms with Gasteiger partial charge in [0, 0.05) is 49.9 Å². The summed E-state index contributed by atoms with van der Waals surface area (Å²) in [5.74, 6) is 0.107. The van der Waals surface area contributed by atoms with Crippen LogP contribution in [0, 0.1) is 0 Å². The van der Waals surface area contributed by atoms with Gasteiger partial charge in [-0.1, -0.05) is 0 Å². The lowest BCUT2D eigenvalue weighted by atomic mass is 10.2. The number of hydrogen-bond donors (Lipinski definition) is 1. The van der Waals surface area contributed by atoms with Crippen LogP contribution in [0.3, 0.4) is 0 Å². The Kier molecular flexibility index (Phi) is 5.97. The number of likely N-dealkylation sites (tertiary alicyclic amines) is 1. The average Bonchev–Trinajstić information content (AvgIpc) is 3.11. The Hall–Kier alpha value is -1.40. The minimum absolute atomic E-state index is 0.107. The molecule has 1 saturated heterocycles. The smallest absolute Gasteiger partial charge is 0.221 e. The van der Waals surface area contributed by atoms with E-state index < -0.39 is 0 Å². The van der Waals surface area contributed by atoms with Crippen LogP contribution >= 0.6 is 0 Å². The summed E-state index contributed by atoms with van der Waals surface area (Å²) in [4.78, 5) is 16.6. The molecule has 6 nitrogen and oxygen atoms in total. The van der Waals surface area contributed by atoms with Gasteiger partial charge in [0.25, 0.3) is 0 Å². The Labute approximate surface area is 133 Å². The molecule has 0 radical (unpaired) electrons. The molecule has 1 atom stereocenters. The molecule has 2 rings (SSSR count). The first kappa shape index (κ1) is 17.0. The van der Waals surface area contributed by atoms with E-state index in [1.54, 1.807) is 0 Å². The fraction of sp³-hybridized carbons (Fsp3) is 0.750. The van der Waals surface area contributed by atoms with Crippen LogP contribution in [0.1, 0.15) is 38.3 Å². The van der Waals surface area contributed by atoms with Crippen molar-refractivity contribution >= 4 is 5.91 Å². The monoisotopic (exact) mass is 307 g/mol. The van der Waals surface area contributed by atoms with Gasteiger partial charge in [0.1, 0.15) is 0 Å². The second kappa shape index (κ2) is 7.74. The van der Waals surface area contributed by atoms with Crippen molar-refractivity contribution in [3.63, 3.8) is 0 Å². The predicted octanol–water partition coefficient (Wildman–Crippen LogP) is 1.11. The van der Waals surface area contributed by atoms with Crippen LogP contribution in [0.5, 0.6) is 0 Å². The molecule has 124 valence electrons. The molecule has 1 aliphatic heterocycles. The fourth-order valence-electron chi connectivity index (χ4n) is 2.77. The maximum absolute atomic E-state index is 12.0. The summed E-state index contributed by atoms with van der Waals surface area (Å²) in [6, 6.07) is 0.935.